The third-order valence-corrected chi connectivity index (χ3v) is 5.06. The normalized spacial score (nSPS) is 41.2. The highest BCUT2D eigenvalue weighted by molar-refractivity contribution is 7.80. The summed E-state index contributed by atoms with van der Waals surface area (Å²) in [7, 11) is 0. The number of hydroxylamine groups is 1. The van der Waals surface area contributed by atoms with Crippen LogP contribution in [-0.4, -0.2) is 135 Å². The zero-order valence-corrected chi connectivity index (χ0v) is 17.3. The quantitative estimate of drug-likeness (QED) is 0.105. The highest BCUT2D eigenvalue weighted by Gasteiger charge is 2.50. The third kappa shape index (κ3) is 6.67. The van der Waals surface area contributed by atoms with Crippen molar-refractivity contribution in [2.45, 2.75) is 61.3 Å². The smallest absolute Gasteiger partial charge is 0.248 e. The number of hydrogen-bond donors (Lipinski definition) is 10. The molecule has 31 heavy (non-hydrogen) atoms. The molecule has 14 nitrogen and oxygen atoms in total. The SMILES string of the molecule is O=C(CON[C@@H]1OC(CO)[C@@H](O[C@H]2OC(CO)[C@@H](O)C(O)C2O)C(O)C1O)NCCS. The Morgan fingerprint density at radius 1 is 0.903 bits per heavy atom. The average Bonchev–Trinajstić information content (AvgIpc) is 2.76. The minimum Gasteiger partial charge on any atom is -0.394 e. The molecule has 15 heteroatoms. The molecule has 0 saturated carbocycles. The van der Waals surface area contributed by atoms with Crippen molar-refractivity contribution in [3.63, 3.8) is 0 Å². The Balaban J connectivity index is 1.96. The summed E-state index contributed by atoms with van der Waals surface area (Å²) in [6, 6.07) is 0. The van der Waals surface area contributed by atoms with E-state index in [4.69, 9.17) is 19.0 Å². The van der Waals surface area contributed by atoms with Gasteiger partial charge in [0.2, 0.25) is 5.91 Å². The molecule has 2 aliphatic rings. The summed E-state index contributed by atoms with van der Waals surface area (Å²) in [5.74, 6) is -0.0287. The summed E-state index contributed by atoms with van der Waals surface area (Å²) in [5.41, 5.74) is 2.27. The van der Waals surface area contributed by atoms with E-state index in [2.05, 4.69) is 23.4 Å². The van der Waals surface area contributed by atoms with Crippen molar-refractivity contribution in [3.8, 4) is 0 Å². The molecule has 2 aliphatic heterocycles. The first-order valence-electron chi connectivity index (χ1n) is 9.58. The fourth-order valence-electron chi connectivity index (χ4n) is 3.12. The molecule has 2 saturated heterocycles. The number of rotatable bonds is 10. The molecule has 0 aromatic heterocycles. The molecule has 0 radical (unpaired) electrons. The van der Waals surface area contributed by atoms with Crippen molar-refractivity contribution in [1.29, 1.82) is 0 Å². The molecule has 10 atom stereocenters. The van der Waals surface area contributed by atoms with Crippen molar-refractivity contribution in [2.24, 2.45) is 0 Å². The van der Waals surface area contributed by atoms with Crippen molar-refractivity contribution in [1.82, 2.24) is 10.8 Å². The van der Waals surface area contributed by atoms with Gasteiger partial charge in [-0.1, -0.05) is 0 Å². The van der Waals surface area contributed by atoms with Crippen LogP contribution < -0.4 is 10.8 Å². The predicted molar refractivity (Wildman–Crippen MR) is 102 cm³/mol. The largest absolute Gasteiger partial charge is 0.394 e. The number of aliphatic hydroxyl groups excluding tert-OH is 7. The molecule has 0 bridgehead atoms. The van der Waals surface area contributed by atoms with Gasteiger partial charge in [0.1, 0.15) is 55.4 Å². The van der Waals surface area contributed by atoms with Crippen molar-refractivity contribution < 1.29 is 59.6 Å². The number of aliphatic hydroxyl groups is 7. The lowest BCUT2D eigenvalue weighted by molar-refractivity contribution is -0.347. The van der Waals surface area contributed by atoms with Gasteiger partial charge in [0.25, 0.3) is 0 Å². The second-order valence-electron chi connectivity index (χ2n) is 7.04. The van der Waals surface area contributed by atoms with Crippen LogP contribution >= 0.6 is 12.6 Å². The molecule has 2 fully saturated rings. The Hall–Kier alpha value is -0.660. The first-order valence-corrected chi connectivity index (χ1v) is 10.2. The van der Waals surface area contributed by atoms with E-state index in [1.807, 2.05) is 0 Å². The lowest BCUT2D eigenvalue weighted by atomic mass is 9.96. The van der Waals surface area contributed by atoms with Crippen LogP contribution in [0.4, 0.5) is 0 Å². The van der Waals surface area contributed by atoms with Gasteiger partial charge in [0, 0.05) is 12.3 Å². The lowest BCUT2D eigenvalue weighted by Gasteiger charge is -2.46. The number of hydrogen-bond acceptors (Lipinski definition) is 14. The first kappa shape index (κ1) is 26.6. The minimum absolute atomic E-state index is 0.329. The number of nitrogens with one attached hydrogen (secondary N) is 2. The fraction of sp³-hybridized carbons (Fsp3) is 0.938. The Morgan fingerprint density at radius 3 is 2.19 bits per heavy atom. The van der Waals surface area contributed by atoms with Gasteiger partial charge in [-0.25, -0.2) is 0 Å². The summed E-state index contributed by atoms with van der Waals surface area (Å²) in [6.45, 7) is -1.47. The Kier molecular flexibility index (Phi) is 10.8. The number of carbonyl (C=O) groups is 1. The van der Waals surface area contributed by atoms with Crippen LogP contribution in [0, 0.1) is 0 Å². The van der Waals surface area contributed by atoms with Crippen LogP contribution in [-0.2, 0) is 23.8 Å². The van der Waals surface area contributed by atoms with E-state index in [9.17, 15) is 40.5 Å². The topological polar surface area (TPSA) is 220 Å². The van der Waals surface area contributed by atoms with Crippen molar-refractivity contribution in [2.75, 3.05) is 32.1 Å². The minimum atomic E-state index is -1.75. The van der Waals surface area contributed by atoms with Gasteiger partial charge in [-0.3, -0.25) is 9.63 Å². The summed E-state index contributed by atoms with van der Waals surface area (Å²) in [5, 5.41) is 71.8. The average molecular weight is 474 g/mol. The zero-order chi connectivity index (χ0) is 23.1. The molecule has 2 heterocycles. The van der Waals surface area contributed by atoms with Gasteiger partial charge >= 0.3 is 0 Å². The molecule has 0 aromatic carbocycles. The molecule has 0 spiro atoms. The van der Waals surface area contributed by atoms with Crippen LogP contribution in [0.3, 0.4) is 0 Å². The van der Waals surface area contributed by atoms with Crippen molar-refractivity contribution >= 4 is 18.5 Å². The van der Waals surface area contributed by atoms with Crippen LogP contribution in [0.2, 0.25) is 0 Å². The number of ether oxygens (including phenoxy) is 3. The number of amides is 1. The fourth-order valence-corrected chi connectivity index (χ4v) is 3.23. The summed E-state index contributed by atoms with van der Waals surface area (Å²) < 4.78 is 16.0. The summed E-state index contributed by atoms with van der Waals surface area (Å²) in [4.78, 5) is 16.4. The first-order chi connectivity index (χ1) is 14.7. The second-order valence-corrected chi connectivity index (χ2v) is 7.48. The van der Waals surface area contributed by atoms with Crippen LogP contribution in [0.25, 0.3) is 0 Å². The van der Waals surface area contributed by atoms with Crippen molar-refractivity contribution in [3.05, 3.63) is 0 Å². The Labute approximate surface area is 183 Å². The number of thiol groups is 1. The van der Waals surface area contributed by atoms with E-state index in [1.165, 1.54) is 0 Å². The lowest BCUT2D eigenvalue weighted by Crippen LogP contribution is -2.66. The monoisotopic (exact) mass is 474 g/mol. The van der Waals surface area contributed by atoms with E-state index in [-0.39, 0.29) is 0 Å². The summed E-state index contributed by atoms with van der Waals surface area (Å²) >= 11 is 3.94. The van der Waals surface area contributed by atoms with E-state index >= 15 is 0 Å². The zero-order valence-electron chi connectivity index (χ0n) is 16.4. The molecular weight excluding hydrogens is 444 g/mol. The van der Waals surface area contributed by atoms with Gasteiger partial charge in [-0.15, -0.1) is 0 Å². The molecule has 0 aromatic rings. The predicted octanol–water partition coefficient (Wildman–Crippen LogP) is -5.82. The Bertz CT molecular complexity index is 559. The van der Waals surface area contributed by atoms with Gasteiger partial charge in [0.15, 0.2) is 12.5 Å². The van der Waals surface area contributed by atoms with Crippen LogP contribution in [0.5, 0.6) is 0 Å². The van der Waals surface area contributed by atoms with Gasteiger partial charge in [-0.2, -0.15) is 18.1 Å². The maximum atomic E-state index is 11.5. The van der Waals surface area contributed by atoms with E-state index in [1.54, 1.807) is 0 Å². The summed E-state index contributed by atoms with van der Waals surface area (Å²) in [6.07, 6.45) is -15.3. The Morgan fingerprint density at radius 2 is 1.58 bits per heavy atom. The van der Waals surface area contributed by atoms with E-state index in [0.717, 1.165) is 0 Å². The standard InChI is InChI=1S/C16H30N2O12S/c19-3-6-9(22)10(23)13(26)16(29-6)30-14-7(4-20)28-15(12(25)11(14)24)18-27-5-8(21)17-1-2-31/h6-7,9-16,18-20,22-26,31H,1-5H2,(H,17,21)/t6?,7?,9-,10?,11?,12?,13?,14-,15-,16-/m1/s1. The van der Waals surface area contributed by atoms with Gasteiger partial charge in [0.05, 0.1) is 13.2 Å². The van der Waals surface area contributed by atoms with E-state index in [0.29, 0.717) is 12.3 Å². The highest BCUT2D eigenvalue weighted by Crippen LogP contribution is 2.28. The van der Waals surface area contributed by atoms with Crippen LogP contribution in [0.15, 0.2) is 0 Å². The third-order valence-electron chi connectivity index (χ3n) is 4.84. The highest BCUT2D eigenvalue weighted by atomic mass is 32.1. The number of carbonyl (C=O) groups excluding carboxylic acids is 1. The second kappa shape index (κ2) is 12.5. The molecular formula is C16H30N2O12S. The van der Waals surface area contributed by atoms with Gasteiger partial charge < -0.3 is 55.3 Å². The maximum Gasteiger partial charge on any atom is 0.248 e. The maximum absolute atomic E-state index is 11.5. The molecule has 6 unspecified atom stereocenters. The van der Waals surface area contributed by atoms with E-state index < -0.39 is 87.1 Å². The van der Waals surface area contributed by atoms with Crippen LogP contribution in [0.1, 0.15) is 0 Å². The molecule has 0 aliphatic carbocycles. The van der Waals surface area contributed by atoms with Gasteiger partial charge in [-0.05, 0) is 0 Å². The molecule has 9 N–H and O–H groups in total. The molecule has 1 amide bonds. The molecule has 2 rings (SSSR count). The molecule has 182 valence electrons.